The van der Waals surface area contributed by atoms with E-state index in [1.807, 2.05) is 35.2 Å². The lowest BCUT2D eigenvalue weighted by atomic mass is 10.1. The maximum Gasteiger partial charge on any atom is 0.330 e. The van der Waals surface area contributed by atoms with Gasteiger partial charge in [0.2, 0.25) is 5.89 Å². The second-order valence-corrected chi connectivity index (χ2v) is 8.87. The number of nitrogens with zero attached hydrogens (tertiary/aromatic N) is 4. The van der Waals surface area contributed by atoms with Gasteiger partial charge in [-0.2, -0.15) is 4.98 Å². The molecule has 0 saturated carbocycles. The van der Waals surface area contributed by atoms with Gasteiger partial charge in [0.15, 0.2) is 5.82 Å². The number of rotatable bonds is 10. The fraction of sp³-hybridized carbons (Fsp3) is 0.478. The van der Waals surface area contributed by atoms with Gasteiger partial charge in [0.25, 0.3) is 5.56 Å². The standard InChI is InChI=1S/C23H32N6O3/c1-15(2)10-11-28(14-19-25-18(27-32-19)12-16(3)4)20-21(24)29(23(31)26-22(20)30)13-17-8-6-5-7-9-17/h5-9,15-16H,10-14,24H2,1-4H3,(H,26,30,31). The van der Waals surface area contributed by atoms with Gasteiger partial charge in [-0.15, -0.1) is 0 Å². The monoisotopic (exact) mass is 440 g/mol. The molecule has 3 N–H and O–H groups in total. The molecule has 0 fully saturated rings. The molecule has 32 heavy (non-hydrogen) atoms. The zero-order chi connectivity index (χ0) is 23.3. The molecule has 0 saturated heterocycles. The molecule has 9 nitrogen and oxygen atoms in total. The average Bonchev–Trinajstić information content (AvgIpc) is 3.15. The van der Waals surface area contributed by atoms with E-state index in [1.165, 1.54) is 4.57 Å². The molecule has 0 aliphatic rings. The summed E-state index contributed by atoms with van der Waals surface area (Å²) in [5.74, 6) is 1.97. The minimum absolute atomic E-state index is 0.119. The molecule has 0 atom stereocenters. The van der Waals surface area contributed by atoms with Crippen LogP contribution < -0.4 is 21.9 Å². The quantitative estimate of drug-likeness (QED) is 0.497. The van der Waals surface area contributed by atoms with Crippen molar-refractivity contribution in [2.45, 2.75) is 53.6 Å². The van der Waals surface area contributed by atoms with E-state index < -0.39 is 11.2 Å². The van der Waals surface area contributed by atoms with Crippen molar-refractivity contribution < 1.29 is 4.52 Å². The highest BCUT2D eigenvalue weighted by Crippen LogP contribution is 2.21. The molecule has 2 heterocycles. The fourth-order valence-corrected chi connectivity index (χ4v) is 3.46. The van der Waals surface area contributed by atoms with Crippen molar-refractivity contribution in [3.05, 3.63) is 68.4 Å². The van der Waals surface area contributed by atoms with Gasteiger partial charge in [-0.05, 0) is 23.8 Å². The van der Waals surface area contributed by atoms with Crippen LogP contribution in [0.2, 0.25) is 0 Å². The average molecular weight is 441 g/mol. The van der Waals surface area contributed by atoms with Gasteiger partial charge in [0, 0.05) is 13.0 Å². The molecule has 0 bridgehead atoms. The Morgan fingerprint density at radius 2 is 1.84 bits per heavy atom. The molecule has 3 rings (SSSR count). The predicted molar refractivity (Wildman–Crippen MR) is 125 cm³/mol. The van der Waals surface area contributed by atoms with Crippen molar-refractivity contribution in [1.29, 1.82) is 0 Å². The summed E-state index contributed by atoms with van der Waals surface area (Å²) < 4.78 is 6.81. The van der Waals surface area contributed by atoms with E-state index in [1.54, 1.807) is 0 Å². The van der Waals surface area contributed by atoms with Crippen LogP contribution in [0.15, 0.2) is 44.4 Å². The molecule has 2 aromatic heterocycles. The third-order valence-corrected chi connectivity index (χ3v) is 5.12. The van der Waals surface area contributed by atoms with E-state index in [0.29, 0.717) is 36.5 Å². The normalized spacial score (nSPS) is 11.4. The lowest BCUT2D eigenvalue weighted by Crippen LogP contribution is -2.39. The number of aromatic nitrogens is 4. The Balaban J connectivity index is 1.97. The summed E-state index contributed by atoms with van der Waals surface area (Å²) in [6.45, 7) is 9.42. The minimum atomic E-state index is -0.541. The summed E-state index contributed by atoms with van der Waals surface area (Å²) in [4.78, 5) is 34.1. The third-order valence-electron chi connectivity index (χ3n) is 5.12. The number of aromatic amines is 1. The molecule has 0 aliphatic carbocycles. The maximum atomic E-state index is 12.8. The molecular formula is C23H32N6O3. The maximum absolute atomic E-state index is 12.8. The van der Waals surface area contributed by atoms with Crippen LogP contribution in [0.5, 0.6) is 0 Å². The Kier molecular flexibility index (Phi) is 7.50. The van der Waals surface area contributed by atoms with Crippen molar-refractivity contribution in [2.75, 3.05) is 17.2 Å². The molecular weight excluding hydrogens is 408 g/mol. The van der Waals surface area contributed by atoms with Crippen molar-refractivity contribution in [2.24, 2.45) is 11.8 Å². The molecule has 0 unspecified atom stereocenters. The summed E-state index contributed by atoms with van der Waals surface area (Å²) in [6, 6.07) is 9.49. The van der Waals surface area contributed by atoms with Gasteiger partial charge in [-0.1, -0.05) is 63.2 Å². The van der Waals surface area contributed by atoms with Gasteiger partial charge >= 0.3 is 5.69 Å². The molecule has 0 amide bonds. The zero-order valence-corrected chi connectivity index (χ0v) is 19.2. The zero-order valence-electron chi connectivity index (χ0n) is 19.2. The first kappa shape index (κ1) is 23.3. The fourth-order valence-electron chi connectivity index (χ4n) is 3.46. The van der Waals surface area contributed by atoms with Gasteiger partial charge in [0.1, 0.15) is 11.5 Å². The van der Waals surface area contributed by atoms with Crippen LogP contribution in [0.1, 0.15) is 51.4 Å². The Morgan fingerprint density at radius 3 is 2.50 bits per heavy atom. The molecule has 172 valence electrons. The largest absolute Gasteiger partial charge is 0.383 e. The van der Waals surface area contributed by atoms with Crippen LogP contribution in [0.4, 0.5) is 11.5 Å². The summed E-state index contributed by atoms with van der Waals surface area (Å²) in [5, 5.41) is 4.05. The molecule has 0 spiro atoms. The second-order valence-electron chi connectivity index (χ2n) is 8.87. The third kappa shape index (κ3) is 5.87. The lowest BCUT2D eigenvalue weighted by molar-refractivity contribution is 0.367. The highest BCUT2D eigenvalue weighted by Gasteiger charge is 2.22. The van der Waals surface area contributed by atoms with Gasteiger partial charge in [-0.3, -0.25) is 14.3 Å². The van der Waals surface area contributed by atoms with Crippen LogP contribution in [0.3, 0.4) is 0 Å². The molecule has 9 heteroatoms. The van der Waals surface area contributed by atoms with Gasteiger partial charge in [0.05, 0.1) is 13.1 Å². The van der Waals surface area contributed by atoms with Crippen molar-refractivity contribution >= 4 is 11.5 Å². The Labute approximate surface area is 187 Å². The number of H-pyrrole nitrogens is 1. The second kappa shape index (κ2) is 10.3. The first-order chi connectivity index (χ1) is 15.2. The van der Waals surface area contributed by atoms with Gasteiger partial charge in [-0.25, -0.2) is 4.79 Å². The molecule has 1 aromatic carbocycles. The number of hydrogen-bond acceptors (Lipinski definition) is 7. The van der Waals surface area contributed by atoms with Crippen molar-refractivity contribution in [3.8, 4) is 0 Å². The number of nitrogens with one attached hydrogen (secondary N) is 1. The topological polar surface area (TPSA) is 123 Å². The van der Waals surface area contributed by atoms with E-state index in [4.69, 9.17) is 10.3 Å². The first-order valence-corrected chi connectivity index (χ1v) is 11.0. The number of nitrogen functional groups attached to an aromatic ring is 1. The predicted octanol–water partition coefficient (Wildman–Crippen LogP) is 2.80. The van der Waals surface area contributed by atoms with E-state index >= 15 is 0 Å². The summed E-state index contributed by atoms with van der Waals surface area (Å²) in [5.41, 5.74) is 6.48. The van der Waals surface area contributed by atoms with Crippen LogP contribution in [-0.4, -0.2) is 26.2 Å². The van der Waals surface area contributed by atoms with E-state index in [2.05, 4.69) is 42.8 Å². The lowest BCUT2D eigenvalue weighted by Gasteiger charge is -2.25. The van der Waals surface area contributed by atoms with Crippen LogP contribution in [0, 0.1) is 11.8 Å². The van der Waals surface area contributed by atoms with Crippen LogP contribution >= 0.6 is 0 Å². The molecule has 3 aromatic rings. The Bertz CT molecular complexity index is 1130. The smallest absolute Gasteiger partial charge is 0.330 e. The SMILES string of the molecule is CC(C)CCN(Cc1nc(CC(C)C)no1)c1c(N)n(Cc2ccccc2)c(=O)[nH]c1=O. The molecule has 0 aliphatic heterocycles. The van der Waals surface area contributed by atoms with Crippen molar-refractivity contribution in [1.82, 2.24) is 19.7 Å². The van der Waals surface area contributed by atoms with E-state index in [9.17, 15) is 9.59 Å². The van der Waals surface area contributed by atoms with Crippen LogP contribution in [-0.2, 0) is 19.5 Å². The highest BCUT2D eigenvalue weighted by atomic mass is 16.5. The van der Waals surface area contributed by atoms with E-state index in [-0.39, 0.29) is 24.6 Å². The summed E-state index contributed by atoms with van der Waals surface area (Å²) in [7, 11) is 0. The minimum Gasteiger partial charge on any atom is -0.383 e. The Hall–Kier alpha value is -3.36. The number of benzene rings is 1. The number of anilines is 2. The van der Waals surface area contributed by atoms with Crippen molar-refractivity contribution in [3.63, 3.8) is 0 Å². The van der Waals surface area contributed by atoms with E-state index in [0.717, 1.165) is 12.0 Å². The summed E-state index contributed by atoms with van der Waals surface area (Å²) in [6.07, 6.45) is 1.53. The Morgan fingerprint density at radius 1 is 1.12 bits per heavy atom. The number of hydrogen-bond donors (Lipinski definition) is 2. The van der Waals surface area contributed by atoms with Crippen LogP contribution in [0.25, 0.3) is 0 Å². The van der Waals surface area contributed by atoms with Gasteiger partial charge < -0.3 is 15.2 Å². The highest BCUT2D eigenvalue weighted by molar-refractivity contribution is 5.62. The summed E-state index contributed by atoms with van der Waals surface area (Å²) >= 11 is 0. The number of nitrogens with two attached hydrogens (primary N) is 1. The molecule has 0 radical (unpaired) electrons. The first-order valence-electron chi connectivity index (χ1n) is 11.0.